The standard InChI is InChI=1S/C22H21NO5/c1-13-3-2-6-23(13,22(25)26)11-15-7-14-8-20-21(28-12-27-20)10-18(14)19-9-16(24)4-5-17(15)19/h4-5,7-10,13H,2-3,6,11-12H2,1H3,(H-,24,25,26)/p+1/t13-,23?/m1/s1. The third-order valence-corrected chi connectivity index (χ3v) is 6.37. The highest BCUT2D eigenvalue weighted by molar-refractivity contribution is 6.10. The molecule has 3 aromatic carbocycles. The summed E-state index contributed by atoms with van der Waals surface area (Å²) in [6.07, 6.45) is 1.05. The van der Waals surface area contributed by atoms with Crippen molar-refractivity contribution in [3.8, 4) is 17.2 Å². The minimum atomic E-state index is -0.775. The molecule has 2 atom stereocenters. The molecule has 6 nitrogen and oxygen atoms in total. The lowest BCUT2D eigenvalue weighted by atomic mass is 9.95. The SMILES string of the molecule is C[C@@H]1CCC[N+]1(Cc1cc2cc3c(cc2c2cc(O)ccc12)OCO3)C(=O)O. The largest absolute Gasteiger partial charge is 0.514 e. The fraction of sp³-hybridized carbons (Fsp3) is 0.318. The Hall–Kier alpha value is -2.99. The van der Waals surface area contributed by atoms with E-state index >= 15 is 0 Å². The number of fused-ring (bicyclic) bond motifs is 4. The Labute approximate surface area is 162 Å². The van der Waals surface area contributed by atoms with Gasteiger partial charge in [-0.25, -0.2) is 4.48 Å². The molecular weight excluding hydrogens is 358 g/mol. The molecule has 2 aliphatic heterocycles. The molecule has 1 amide bonds. The molecule has 2 N–H and O–H groups in total. The number of phenols is 1. The van der Waals surface area contributed by atoms with Gasteiger partial charge in [0.2, 0.25) is 6.79 Å². The van der Waals surface area contributed by atoms with Gasteiger partial charge in [-0.1, -0.05) is 6.07 Å². The molecule has 2 aliphatic rings. The van der Waals surface area contributed by atoms with Gasteiger partial charge in [0.1, 0.15) is 12.3 Å². The molecule has 0 radical (unpaired) electrons. The van der Waals surface area contributed by atoms with Crippen molar-refractivity contribution in [2.75, 3.05) is 13.3 Å². The Morgan fingerprint density at radius 2 is 1.89 bits per heavy atom. The second-order valence-corrected chi connectivity index (χ2v) is 7.88. The number of rotatable bonds is 2. The second kappa shape index (κ2) is 6.01. The maximum Gasteiger partial charge on any atom is 0.514 e. The van der Waals surface area contributed by atoms with Crippen molar-refractivity contribution in [3.63, 3.8) is 0 Å². The van der Waals surface area contributed by atoms with Gasteiger partial charge < -0.3 is 19.7 Å². The monoisotopic (exact) mass is 380 g/mol. The summed E-state index contributed by atoms with van der Waals surface area (Å²) in [7, 11) is 0. The van der Waals surface area contributed by atoms with E-state index in [9.17, 15) is 15.0 Å². The minimum absolute atomic E-state index is 0.0477. The lowest BCUT2D eigenvalue weighted by Crippen LogP contribution is -2.53. The number of ether oxygens (including phenoxy) is 2. The van der Waals surface area contributed by atoms with Crippen LogP contribution < -0.4 is 9.47 Å². The van der Waals surface area contributed by atoms with Crippen LogP contribution in [-0.2, 0) is 6.54 Å². The van der Waals surface area contributed by atoms with Gasteiger partial charge in [-0.05, 0) is 58.8 Å². The summed E-state index contributed by atoms with van der Waals surface area (Å²) in [5.41, 5.74) is 0.970. The molecule has 1 saturated heterocycles. The predicted octanol–water partition coefficient (Wildman–Crippen LogP) is 4.60. The summed E-state index contributed by atoms with van der Waals surface area (Å²) in [4.78, 5) is 12.2. The fourth-order valence-corrected chi connectivity index (χ4v) is 4.77. The van der Waals surface area contributed by atoms with E-state index < -0.39 is 6.09 Å². The molecule has 0 bridgehead atoms. The van der Waals surface area contributed by atoms with Gasteiger partial charge in [-0.2, -0.15) is 4.79 Å². The quantitative estimate of drug-likeness (QED) is 0.502. The Morgan fingerprint density at radius 3 is 2.61 bits per heavy atom. The van der Waals surface area contributed by atoms with E-state index in [1.165, 1.54) is 0 Å². The lowest BCUT2D eigenvalue weighted by Gasteiger charge is -2.33. The number of amides is 1. The Kier molecular flexibility index (Phi) is 3.67. The number of quaternary nitrogens is 1. The first-order valence-electron chi connectivity index (χ1n) is 9.56. The smallest absolute Gasteiger partial charge is 0.508 e. The number of carboxylic acid groups (broad SMARTS) is 1. The van der Waals surface area contributed by atoms with E-state index in [2.05, 4.69) is 6.07 Å². The van der Waals surface area contributed by atoms with Gasteiger partial charge in [-0.15, -0.1) is 0 Å². The zero-order chi connectivity index (χ0) is 19.5. The van der Waals surface area contributed by atoms with Crippen LogP contribution in [0.4, 0.5) is 4.79 Å². The molecule has 28 heavy (non-hydrogen) atoms. The maximum atomic E-state index is 12.2. The van der Waals surface area contributed by atoms with Gasteiger partial charge >= 0.3 is 6.09 Å². The summed E-state index contributed by atoms with van der Waals surface area (Å²) in [5.74, 6) is 1.56. The molecular formula is C22H22NO5+. The van der Waals surface area contributed by atoms with Crippen molar-refractivity contribution in [2.45, 2.75) is 32.4 Å². The Balaban J connectivity index is 1.76. The molecule has 3 aromatic rings. The van der Waals surface area contributed by atoms with Crippen LogP contribution in [0.15, 0.2) is 36.4 Å². The first-order valence-corrected chi connectivity index (χ1v) is 9.56. The molecule has 1 fully saturated rings. The van der Waals surface area contributed by atoms with E-state index in [1.54, 1.807) is 12.1 Å². The van der Waals surface area contributed by atoms with Gasteiger partial charge in [0.05, 0.1) is 12.6 Å². The van der Waals surface area contributed by atoms with Crippen molar-refractivity contribution in [1.29, 1.82) is 0 Å². The highest BCUT2D eigenvalue weighted by Gasteiger charge is 2.46. The summed E-state index contributed by atoms with van der Waals surface area (Å²) in [6.45, 7) is 3.27. The summed E-state index contributed by atoms with van der Waals surface area (Å²) in [6, 6.07) is 11.3. The Bertz CT molecular complexity index is 1130. The summed E-state index contributed by atoms with van der Waals surface area (Å²) >= 11 is 0. The zero-order valence-corrected chi connectivity index (χ0v) is 15.6. The summed E-state index contributed by atoms with van der Waals surface area (Å²) in [5, 5.41) is 23.9. The average molecular weight is 380 g/mol. The summed E-state index contributed by atoms with van der Waals surface area (Å²) < 4.78 is 11.1. The van der Waals surface area contributed by atoms with Crippen LogP contribution in [0.2, 0.25) is 0 Å². The van der Waals surface area contributed by atoms with Crippen LogP contribution in [0.3, 0.4) is 0 Å². The number of hydrogen-bond acceptors (Lipinski definition) is 4. The fourth-order valence-electron chi connectivity index (χ4n) is 4.77. The van der Waals surface area contributed by atoms with E-state index in [0.717, 1.165) is 39.9 Å². The molecule has 0 spiro atoms. The van der Waals surface area contributed by atoms with Crippen molar-refractivity contribution in [1.82, 2.24) is 0 Å². The molecule has 6 heteroatoms. The highest BCUT2D eigenvalue weighted by Crippen LogP contribution is 2.41. The number of nitrogens with zero attached hydrogens (tertiary/aromatic N) is 1. The molecule has 2 heterocycles. The van der Waals surface area contributed by atoms with Crippen LogP contribution in [0.5, 0.6) is 17.2 Å². The zero-order valence-electron chi connectivity index (χ0n) is 15.6. The van der Waals surface area contributed by atoms with E-state index in [-0.39, 0.29) is 23.1 Å². The Morgan fingerprint density at radius 1 is 1.11 bits per heavy atom. The van der Waals surface area contributed by atoms with Gasteiger partial charge in [0, 0.05) is 18.4 Å². The second-order valence-electron chi connectivity index (χ2n) is 7.88. The maximum absolute atomic E-state index is 12.2. The van der Waals surface area contributed by atoms with Crippen LogP contribution in [-0.4, -0.2) is 40.2 Å². The average Bonchev–Trinajstić information content (AvgIpc) is 3.27. The van der Waals surface area contributed by atoms with Gasteiger partial charge in [0.15, 0.2) is 11.5 Å². The number of likely N-dealkylation sites (tertiary alicyclic amines) is 1. The molecule has 0 aromatic heterocycles. The molecule has 0 aliphatic carbocycles. The third kappa shape index (κ3) is 2.41. The van der Waals surface area contributed by atoms with E-state index in [1.807, 2.05) is 25.1 Å². The minimum Gasteiger partial charge on any atom is -0.508 e. The van der Waals surface area contributed by atoms with Crippen molar-refractivity contribution >= 4 is 27.6 Å². The van der Waals surface area contributed by atoms with E-state index in [0.29, 0.717) is 24.6 Å². The number of hydrogen-bond donors (Lipinski definition) is 2. The van der Waals surface area contributed by atoms with Crippen LogP contribution in [0, 0.1) is 0 Å². The van der Waals surface area contributed by atoms with Crippen LogP contribution in [0.1, 0.15) is 25.3 Å². The number of carbonyl (C=O) groups is 1. The third-order valence-electron chi connectivity index (χ3n) is 6.37. The first kappa shape index (κ1) is 17.1. The van der Waals surface area contributed by atoms with Crippen molar-refractivity contribution in [2.24, 2.45) is 0 Å². The molecule has 5 rings (SSSR count). The van der Waals surface area contributed by atoms with Crippen LogP contribution in [0.25, 0.3) is 21.5 Å². The van der Waals surface area contributed by atoms with Gasteiger partial charge in [0.25, 0.3) is 0 Å². The molecule has 0 saturated carbocycles. The topological polar surface area (TPSA) is 76.0 Å². The predicted molar refractivity (Wildman–Crippen MR) is 105 cm³/mol. The molecule has 1 unspecified atom stereocenters. The van der Waals surface area contributed by atoms with Gasteiger partial charge in [-0.3, -0.25) is 0 Å². The molecule has 144 valence electrons. The highest BCUT2D eigenvalue weighted by atomic mass is 16.7. The normalized spacial score (nSPS) is 23.5. The van der Waals surface area contributed by atoms with Crippen molar-refractivity contribution in [3.05, 3.63) is 42.0 Å². The van der Waals surface area contributed by atoms with Crippen LogP contribution >= 0.6 is 0 Å². The number of aromatic hydroxyl groups is 1. The number of benzene rings is 3. The first-order chi connectivity index (χ1) is 13.5. The number of phenolic OH excluding ortho intramolecular Hbond substituents is 1. The van der Waals surface area contributed by atoms with E-state index in [4.69, 9.17) is 9.47 Å². The van der Waals surface area contributed by atoms with Crippen molar-refractivity contribution < 1.29 is 29.0 Å². The lowest BCUT2D eigenvalue weighted by molar-refractivity contribution is -0.880.